The number of piperidine rings is 1. The van der Waals surface area contributed by atoms with E-state index in [1.807, 2.05) is 0 Å². The van der Waals surface area contributed by atoms with Crippen LogP contribution in [0.1, 0.15) is 23.3 Å². The quantitative estimate of drug-likeness (QED) is 0.819. The Hall–Kier alpha value is -1.62. The molecule has 1 aliphatic heterocycles. The number of rotatable bonds is 2. The van der Waals surface area contributed by atoms with Crippen molar-refractivity contribution in [3.63, 3.8) is 0 Å². The molecular formula is C12H16N2O3. The maximum Gasteiger partial charge on any atom is 0.270 e. The fourth-order valence-electron chi connectivity index (χ4n) is 2.06. The fourth-order valence-corrected chi connectivity index (χ4v) is 2.06. The molecule has 1 fully saturated rings. The van der Waals surface area contributed by atoms with Crippen LogP contribution in [0.25, 0.3) is 0 Å². The highest BCUT2D eigenvalue weighted by atomic mass is 16.5. The molecule has 17 heavy (non-hydrogen) atoms. The molecule has 2 heterocycles. The van der Waals surface area contributed by atoms with E-state index in [2.05, 4.69) is 4.98 Å². The number of carbonyl (C=O) groups excluding carboxylic acids is 1. The van der Waals surface area contributed by atoms with Gasteiger partial charge in [0.2, 0.25) is 5.56 Å². The minimum atomic E-state index is -0.254. The number of ether oxygens (including phenoxy) is 1. The van der Waals surface area contributed by atoms with Crippen LogP contribution >= 0.6 is 0 Å². The molecule has 0 aromatic carbocycles. The summed E-state index contributed by atoms with van der Waals surface area (Å²) in [6.45, 7) is 1.31. The smallest absolute Gasteiger partial charge is 0.270 e. The first-order valence-corrected chi connectivity index (χ1v) is 5.72. The molecule has 0 spiro atoms. The lowest BCUT2D eigenvalue weighted by Gasteiger charge is -2.31. The number of amides is 1. The average molecular weight is 236 g/mol. The molecule has 0 bridgehead atoms. The minimum Gasteiger partial charge on any atom is -0.380 e. The normalized spacial score (nSPS) is 20.3. The van der Waals surface area contributed by atoms with Crippen LogP contribution in [0.4, 0.5) is 0 Å². The zero-order valence-electron chi connectivity index (χ0n) is 9.81. The summed E-state index contributed by atoms with van der Waals surface area (Å²) in [6, 6.07) is 4.61. The number of hydrogen-bond donors (Lipinski definition) is 1. The number of nitrogens with one attached hydrogen (secondary N) is 1. The van der Waals surface area contributed by atoms with E-state index in [-0.39, 0.29) is 17.6 Å². The predicted octanol–water partition coefficient (Wildman–Crippen LogP) is 0.626. The van der Waals surface area contributed by atoms with Crippen LogP contribution in [0.15, 0.2) is 23.0 Å². The topological polar surface area (TPSA) is 62.4 Å². The Kier molecular flexibility index (Phi) is 3.58. The maximum atomic E-state index is 12.1. The minimum absolute atomic E-state index is 0.100. The number of methoxy groups -OCH3 is 1. The van der Waals surface area contributed by atoms with E-state index in [4.69, 9.17) is 4.74 Å². The van der Waals surface area contributed by atoms with Crippen molar-refractivity contribution in [1.82, 2.24) is 9.88 Å². The lowest BCUT2D eigenvalue weighted by Crippen LogP contribution is -2.43. The summed E-state index contributed by atoms with van der Waals surface area (Å²) in [4.78, 5) is 27.5. The lowest BCUT2D eigenvalue weighted by atomic mass is 10.1. The van der Waals surface area contributed by atoms with Crippen molar-refractivity contribution in [3.05, 3.63) is 34.2 Å². The summed E-state index contributed by atoms with van der Waals surface area (Å²) in [5.74, 6) is -0.135. The molecule has 2 rings (SSSR count). The van der Waals surface area contributed by atoms with E-state index in [1.54, 1.807) is 24.1 Å². The van der Waals surface area contributed by atoms with Crippen molar-refractivity contribution in [1.29, 1.82) is 0 Å². The summed E-state index contributed by atoms with van der Waals surface area (Å²) < 4.78 is 5.27. The van der Waals surface area contributed by atoms with Gasteiger partial charge in [-0.1, -0.05) is 6.07 Å². The molecular weight excluding hydrogens is 220 g/mol. The fraction of sp³-hybridized carbons (Fsp3) is 0.500. The van der Waals surface area contributed by atoms with Gasteiger partial charge in [-0.25, -0.2) is 0 Å². The monoisotopic (exact) mass is 236 g/mol. The van der Waals surface area contributed by atoms with Gasteiger partial charge in [0.15, 0.2) is 0 Å². The summed E-state index contributed by atoms with van der Waals surface area (Å²) in [5, 5.41) is 0. The molecule has 1 N–H and O–H groups in total. The molecule has 5 nitrogen and oxygen atoms in total. The number of H-pyrrole nitrogens is 1. The Morgan fingerprint density at radius 2 is 2.35 bits per heavy atom. The summed E-state index contributed by atoms with van der Waals surface area (Å²) >= 11 is 0. The third kappa shape index (κ3) is 2.74. The summed E-state index contributed by atoms with van der Waals surface area (Å²) in [6.07, 6.45) is 2.01. The number of aromatic amines is 1. The van der Waals surface area contributed by atoms with Gasteiger partial charge in [0, 0.05) is 26.3 Å². The number of pyridine rings is 1. The predicted molar refractivity (Wildman–Crippen MR) is 63.0 cm³/mol. The van der Waals surface area contributed by atoms with Crippen LogP contribution in [0.2, 0.25) is 0 Å². The molecule has 1 unspecified atom stereocenters. The summed E-state index contributed by atoms with van der Waals surface area (Å²) in [7, 11) is 1.66. The molecule has 1 aliphatic rings. The number of nitrogens with zero attached hydrogens (tertiary/aromatic N) is 1. The largest absolute Gasteiger partial charge is 0.380 e. The second-order valence-electron chi connectivity index (χ2n) is 4.18. The molecule has 1 saturated heterocycles. The van der Waals surface area contributed by atoms with E-state index >= 15 is 0 Å². The Bertz CT molecular complexity index is 455. The molecule has 1 aromatic rings. The van der Waals surface area contributed by atoms with Crippen LogP contribution in [0, 0.1) is 0 Å². The zero-order chi connectivity index (χ0) is 12.3. The molecule has 1 aromatic heterocycles. The van der Waals surface area contributed by atoms with E-state index < -0.39 is 0 Å². The van der Waals surface area contributed by atoms with Crippen LogP contribution in [-0.4, -0.2) is 42.1 Å². The Balaban J connectivity index is 2.12. The second-order valence-corrected chi connectivity index (χ2v) is 4.18. The van der Waals surface area contributed by atoms with E-state index in [0.717, 1.165) is 19.4 Å². The van der Waals surface area contributed by atoms with Gasteiger partial charge in [-0.2, -0.15) is 0 Å². The second kappa shape index (κ2) is 5.14. The highest BCUT2D eigenvalue weighted by Crippen LogP contribution is 2.14. The van der Waals surface area contributed by atoms with Crippen molar-refractivity contribution >= 4 is 5.91 Å². The number of hydrogen-bond acceptors (Lipinski definition) is 3. The Labute approximate surface area is 99.4 Å². The molecule has 0 radical (unpaired) electrons. The zero-order valence-corrected chi connectivity index (χ0v) is 9.81. The van der Waals surface area contributed by atoms with Gasteiger partial charge in [0.05, 0.1) is 6.10 Å². The first-order valence-electron chi connectivity index (χ1n) is 5.72. The van der Waals surface area contributed by atoms with Crippen molar-refractivity contribution in [2.45, 2.75) is 18.9 Å². The Morgan fingerprint density at radius 3 is 3.06 bits per heavy atom. The van der Waals surface area contributed by atoms with E-state index in [9.17, 15) is 9.59 Å². The lowest BCUT2D eigenvalue weighted by molar-refractivity contribution is 0.0265. The first kappa shape index (κ1) is 11.9. The van der Waals surface area contributed by atoms with Crippen LogP contribution in [0.5, 0.6) is 0 Å². The van der Waals surface area contributed by atoms with Gasteiger partial charge in [-0.3, -0.25) is 9.59 Å². The van der Waals surface area contributed by atoms with E-state index in [0.29, 0.717) is 12.2 Å². The van der Waals surface area contributed by atoms with Gasteiger partial charge < -0.3 is 14.6 Å². The number of aromatic nitrogens is 1. The van der Waals surface area contributed by atoms with Crippen molar-refractivity contribution < 1.29 is 9.53 Å². The van der Waals surface area contributed by atoms with Crippen molar-refractivity contribution in [2.75, 3.05) is 20.2 Å². The SMILES string of the molecule is COC1CCCN(C(=O)c2cccc(=O)[nH]2)C1. The third-order valence-electron chi connectivity index (χ3n) is 3.00. The van der Waals surface area contributed by atoms with Crippen molar-refractivity contribution in [3.8, 4) is 0 Å². The standard InChI is InChI=1S/C12H16N2O3/c1-17-9-4-3-7-14(8-9)12(16)10-5-2-6-11(15)13-10/h2,5-6,9H,3-4,7-8H2,1H3,(H,13,15). The van der Waals surface area contributed by atoms with Gasteiger partial charge in [-0.15, -0.1) is 0 Å². The van der Waals surface area contributed by atoms with E-state index in [1.165, 1.54) is 6.07 Å². The van der Waals surface area contributed by atoms with Crippen LogP contribution in [-0.2, 0) is 4.74 Å². The molecule has 92 valence electrons. The number of likely N-dealkylation sites (tertiary alicyclic amines) is 1. The van der Waals surface area contributed by atoms with Gasteiger partial charge >= 0.3 is 0 Å². The molecule has 1 amide bonds. The first-order chi connectivity index (χ1) is 8.20. The van der Waals surface area contributed by atoms with Crippen LogP contribution < -0.4 is 5.56 Å². The maximum absolute atomic E-state index is 12.1. The van der Waals surface area contributed by atoms with Gasteiger partial charge in [-0.05, 0) is 18.9 Å². The Morgan fingerprint density at radius 1 is 1.53 bits per heavy atom. The molecule has 5 heteroatoms. The third-order valence-corrected chi connectivity index (χ3v) is 3.00. The molecule has 1 atom stereocenters. The summed E-state index contributed by atoms with van der Waals surface area (Å²) in [5.41, 5.74) is 0.0883. The molecule has 0 aliphatic carbocycles. The highest BCUT2D eigenvalue weighted by Gasteiger charge is 2.24. The van der Waals surface area contributed by atoms with Crippen molar-refractivity contribution in [2.24, 2.45) is 0 Å². The van der Waals surface area contributed by atoms with Gasteiger partial charge in [0.1, 0.15) is 5.69 Å². The number of carbonyl (C=O) groups is 1. The van der Waals surface area contributed by atoms with Gasteiger partial charge in [0.25, 0.3) is 5.91 Å². The average Bonchev–Trinajstić information content (AvgIpc) is 2.38. The highest BCUT2D eigenvalue weighted by molar-refractivity contribution is 5.92. The van der Waals surface area contributed by atoms with Crippen LogP contribution in [0.3, 0.4) is 0 Å². The molecule has 0 saturated carbocycles.